The Kier molecular flexibility index (Phi) is 6.79. The molecule has 25 heavy (non-hydrogen) atoms. The van der Waals surface area contributed by atoms with E-state index < -0.39 is 0 Å². The van der Waals surface area contributed by atoms with Gasteiger partial charge in [0.15, 0.2) is 0 Å². The van der Waals surface area contributed by atoms with E-state index in [1.807, 2.05) is 18.0 Å². The number of H-pyrrole nitrogens is 1. The summed E-state index contributed by atoms with van der Waals surface area (Å²) in [5, 5.41) is 1.36. The fourth-order valence-corrected chi connectivity index (χ4v) is 4.36. The van der Waals surface area contributed by atoms with Crippen molar-refractivity contribution in [1.29, 1.82) is 0 Å². The number of benzene rings is 1. The van der Waals surface area contributed by atoms with E-state index in [-0.39, 0.29) is 0 Å². The van der Waals surface area contributed by atoms with Crippen molar-refractivity contribution in [3.8, 4) is 0 Å². The van der Waals surface area contributed by atoms with E-state index in [9.17, 15) is 0 Å². The van der Waals surface area contributed by atoms with Crippen LogP contribution in [0.1, 0.15) is 25.3 Å². The number of hydrogen-bond acceptors (Lipinski definition) is 3. The average Bonchev–Trinajstić information content (AvgIpc) is 3.26. The molecule has 1 aromatic carbocycles. The van der Waals surface area contributed by atoms with Gasteiger partial charge in [-0.2, -0.15) is 0 Å². The summed E-state index contributed by atoms with van der Waals surface area (Å²) in [6.07, 6.45) is 10.7. The molecule has 1 aromatic heterocycles. The van der Waals surface area contributed by atoms with E-state index in [0.717, 1.165) is 18.7 Å². The number of nitrogens with one attached hydrogen (secondary N) is 2. The number of nitrogens with zero attached hydrogens (tertiary/aromatic N) is 1. The average molecular weight is 356 g/mol. The molecular formula is C21H29N3S. The minimum absolute atomic E-state index is 0.536. The molecule has 0 saturated carbocycles. The molecule has 1 saturated heterocycles. The highest BCUT2D eigenvalue weighted by atomic mass is 32.2. The van der Waals surface area contributed by atoms with E-state index in [1.165, 1.54) is 36.0 Å². The maximum absolute atomic E-state index is 3.77. The summed E-state index contributed by atoms with van der Waals surface area (Å²) in [5.74, 6) is 1.81. The quantitative estimate of drug-likeness (QED) is 0.503. The van der Waals surface area contributed by atoms with Gasteiger partial charge in [0.2, 0.25) is 0 Å². The van der Waals surface area contributed by atoms with Crippen molar-refractivity contribution >= 4 is 22.9 Å². The molecule has 2 unspecified atom stereocenters. The van der Waals surface area contributed by atoms with Crippen LogP contribution in [0.25, 0.3) is 10.9 Å². The fourth-order valence-electron chi connectivity index (χ4n) is 3.69. The van der Waals surface area contributed by atoms with Gasteiger partial charge in [0, 0.05) is 42.0 Å². The van der Waals surface area contributed by atoms with Crippen LogP contribution in [-0.4, -0.2) is 34.8 Å². The zero-order valence-electron chi connectivity index (χ0n) is 15.1. The third kappa shape index (κ3) is 4.78. The maximum atomic E-state index is 3.77. The fraction of sp³-hybridized carbons (Fsp3) is 0.429. The van der Waals surface area contributed by atoms with Gasteiger partial charge in [0.1, 0.15) is 0 Å². The Morgan fingerprint density at radius 3 is 3.16 bits per heavy atom. The number of hydrogen-bond donors (Lipinski definition) is 2. The van der Waals surface area contributed by atoms with Crippen LogP contribution in [0.15, 0.2) is 55.3 Å². The second-order valence-corrected chi connectivity index (χ2v) is 7.80. The normalized spacial score (nSPS) is 19.8. The highest BCUT2D eigenvalue weighted by molar-refractivity contribution is 7.97. The Hall–Kier alpha value is -1.49. The van der Waals surface area contributed by atoms with Crippen molar-refractivity contribution in [2.24, 2.45) is 5.92 Å². The van der Waals surface area contributed by atoms with Crippen LogP contribution < -0.4 is 4.72 Å². The van der Waals surface area contributed by atoms with Crippen LogP contribution in [0.2, 0.25) is 0 Å². The highest BCUT2D eigenvalue weighted by Gasteiger charge is 2.29. The first-order valence-corrected chi connectivity index (χ1v) is 10.2. The molecule has 2 aromatic rings. The van der Waals surface area contributed by atoms with Gasteiger partial charge in [-0.05, 0) is 36.9 Å². The van der Waals surface area contributed by atoms with Gasteiger partial charge in [-0.1, -0.05) is 61.9 Å². The number of fused-ring (bicyclic) bond motifs is 1. The largest absolute Gasteiger partial charge is 0.361 e. The summed E-state index contributed by atoms with van der Waals surface area (Å²) in [4.78, 5) is 6.00. The van der Waals surface area contributed by atoms with E-state index in [4.69, 9.17) is 0 Å². The molecule has 3 nitrogen and oxygen atoms in total. The molecule has 134 valence electrons. The zero-order chi connectivity index (χ0) is 17.5. The predicted molar refractivity (Wildman–Crippen MR) is 111 cm³/mol. The van der Waals surface area contributed by atoms with E-state index >= 15 is 0 Å². The zero-order valence-corrected chi connectivity index (χ0v) is 15.9. The molecule has 2 heterocycles. The molecule has 0 amide bonds. The van der Waals surface area contributed by atoms with E-state index in [2.05, 4.69) is 70.7 Å². The van der Waals surface area contributed by atoms with Crippen molar-refractivity contribution in [3.05, 3.63) is 60.8 Å². The lowest BCUT2D eigenvalue weighted by Gasteiger charge is -2.23. The SMILES string of the molecule is C=C/C=C\CC(NSCC)C1CCN(Cc2c[nH]c3ccccc23)C1. The number of rotatable bonds is 9. The van der Waals surface area contributed by atoms with Gasteiger partial charge in [0.05, 0.1) is 0 Å². The second-order valence-electron chi connectivity index (χ2n) is 6.70. The molecule has 0 aliphatic carbocycles. The van der Waals surface area contributed by atoms with Crippen molar-refractivity contribution < 1.29 is 0 Å². The van der Waals surface area contributed by atoms with Gasteiger partial charge in [0.25, 0.3) is 0 Å². The molecule has 1 aliphatic rings. The number of likely N-dealkylation sites (tertiary alicyclic amines) is 1. The van der Waals surface area contributed by atoms with Crippen LogP contribution in [0, 0.1) is 5.92 Å². The molecule has 1 aliphatic heterocycles. The van der Waals surface area contributed by atoms with Gasteiger partial charge in [-0.25, -0.2) is 0 Å². The van der Waals surface area contributed by atoms with E-state index in [0.29, 0.717) is 12.0 Å². The number of aromatic amines is 1. The molecular weight excluding hydrogens is 326 g/mol. The Bertz CT molecular complexity index is 706. The number of allylic oxidation sites excluding steroid dienone is 2. The summed E-state index contributed by atoms with van der Waals surface area (Å²) < 4.78 is 3.68. The van der Waals surface area contributed by atoms with Crippen molar-refractivity contribution in [2.45, 2.75) is 32.4 Å². The van der Waals surface area contributed by atoms with Crippen LogP contribution in [-0.2, 0) is 6.54 Å². The molecule has 0 radical (unpaired) electrons. The third-order valence-corrected chi connectivity index (χ3v) is 5.75. The first kappa shape index (κ1) is 18.3. The Morgan fingerprint density at radius 2 is 2.32 bits per heavy atom. The summed E-state index contributed by atoms with van der Waals surface area (Å²) >= 11 is 1.84. The summed E-state index contributed by atoms with van der Waals surface area (Å²) in [6.45, 7) is 9.37. The molecule has 2 atom stereocenters. The Morgan fingerprint density at radius 1 is 1.44 bits per heavy atom. The highest BCUT2D eigenvalue weighted by Crippen LogP contribution is 2.27. The van der Waals surface area contributed by atoms with Gasteiger partial charge in [-0.3, -0.25) is 9.62 Å². The molecule has 1 fully saturated rings. The third-order valence-electron chi connectivity index (χ3n) is 4.99. The lowest BCUT2D eigenvalue weighted by Crippen LogP contribution is -2.33. The Labute approximate surface area is 155 Å². The summed E-state index contributed by atoms with van der Waals surface area (Å²) in [6, 6.07) is 9.12. The van der Waals surface area contributed by atoms with E-state index in [1.54, 1.807) is 0 Å². The molecule has 2 N–H and O–H groups in total. The molecule has 3 rings (SSSR count). The number of para-hydroxylation sites is 1. The van der Waals surface area contributed by atoms with Crippen molar-refractivity contribution in [1.82, 2.24) is 14.6 Å². The van der Waals surface area contributed by atoms with Crippen LogP contribution in [0.4, 0.5) is 0 Å². The Balaban J connectivity index is 1.60. The molecule has 0 spiro atoms. The summed E-state index contributed by atoms with van der Waals surface area (Å²) in [5.41, 5.74) is 2.65. The lowest BCUT2D eigenvalue weighted by molar-refractivity contribution is 0.303. The van der Waals surface area contributed by atoms with Gasteiger partial charge >= 0.3 is 0 Å². The predicted octanol–water partition coefficient (Wildman–Crippen LogP) is 4.75. The smallest absolute Gasteiger partial charge is 0.0457 e. The van der Waals surface area contributed by atoms with Crippen LogP contribution in [0.3, 0.4) is 0 Å². The summed E-state index contributed by atoms with van der Waals surface area (Å²) in [7, 11) is 0. The molecule has 4 heteroatoms. The second kappa shape index (κ2) is 9.27. The van der Waals surface area contributed by atoms with Crippen molar-refractivity contribution in [2.75, 3.05) is 18.8 Å². The van der Waals surface area contributed by atoms with Crippen LogP contribution >= 0.6 is 11.9 Å². The minimum Gasteiger partial charge on any atom is -0.361 e. The monoisotopic (exact) mass is 355 g/mol. The lowest BCUT2D eigenvalue weighted by atomic mass is 9.97. The van der Waals surface area contributed by atoms with Gasteiger partial charge in [-0.15, -0.1) is 0 Å². The standard InChI is InChI=1S/C21H29N3S/c1-3-5-6-10-20(23-25-4-2)17-12-13-24(15-17)16-18-14-22-21-11-8-7-9-19(18)21/h3,5-9,11,14,17,20,22-23H,1,4,10,12-13,15-16H2,2H3/b6-5-. The topological polar surface area (TPSA) is 31.1 Å². The minimum atomic E-state index is 0.536. The van der Waals surface area contributed by atoms with Crippen LogP contribution in [0.5, 0.6) is 0 Å². The molecule has 0 bridgehead atoms. The first-order chi connectivity index (χ1) is 12.3. The van der Waals surface area contributed by atoms with Crippen molar-refractivity contribution in [3.63, 3.8) is 0 Å². The maximum Gasteiger partial charge on any atom is 0.0457 e. The first-order valence-electron chi connectivity index (χ1n) is 9.24. The number of aromatic nitrogens is 1. The van der Waals surface area contributed by atoms with Gasteiger partial charge < -0.3 is 4.98 Å².